The number of carbonyl (C=O) groups excluding carboxylic acids is 3. The van der Waals surface area contributed by atoms with E-state index in [1.807, 2.05) is 6.92 Å². The second kappa shape index (κ2) is 12.0. The minimum atomic E-state index is -1.49. The van der Waals surface area contributed by atoms with Crippen LogP contribution in [0, 0.1) is 11.8 Å². The molecular weight excluding hydrogens is 376 g/mol. The van der Waals surface area contributed by atoms with Gasteiger partial charge in [0.15, 0.2) is 0 Å². The van der Waals surface area contributed by atoms with Gasteiger partial charge in [0.2, 0.25) is 8.32 Å². The Kier molecular flexibility index (Phi) is 10.5. The highest BCUT2D eigenvalue weighted by Crippen LogP contribution is 2.27. The van der Waals surface area contributed by atoms with Crippen LogP contribution in [0.3, 0.4) is 0 Å². The molecule has 0 bridgehead atoms. The Hall–Kier alpha value is -1.63. The molecule has 0 aromatic carbocycles. The summed E-state index contributed by atoms with van der Waals surface area (Å²) in [5, 5.41) is 0. The highest BCUT2D eigenvalue weighted by atomic mass is 28.4. The van der Waals surface area contributed by atoms with E-state index in [-0.39, 0.29) is 29.6 Å². The smallest absolute Gasteiger partial charge is 0.309 e. The monoisotopic (exact) mass is 412 g/mol. The molecule has 6 nitrogen and oxygen atoms in total. The van der Waals surface area contributed by atoms with E-state index in [0.29, 0.717) is 38.9 Å². The minimum absolute atomic E-state index is 0.0253. The summed E-state index contributed by atoms with van der Waals surface area (Å²) in [7, 11) is -1.49. The summed E-state index contributed by atoms with van der Waals surface area (Å²) in [5.74, 6) is 1.16. The second-order valence-corrected chi connectivity index (χ2v) is 12.6. The van der Waals surface area contributed by atoms with Crippen LogP contribution in [0.2, 0.25) is 19.6 Å². The zero-order chi connectivity index (χ0) is 21.2. The lowest BCUT2D eigenvalue weighted by atomic mass is 9.88. The Morgan fingerprint density at radius 3 is 1.86 bits per heavy atom. The van der Waals surface area contributed by atoms with Crippen LogP contribution in [0.5, 0.6) is 0 Å². The van der Waals surface area contributed by atoms with Crippen LogP contribution in [-0.4, -0.2) is 39.3 Å². The number of carbonyl (C=O) groups is 3. The number of ketones is 1. The summed E-state index contributed by atoms with van der Waals surface area (Å²) >= 11 is 0. The lowest BCUT2D eigenvalue weighted by Crippen LogP contribution is -2.27. The fourth-order valence-electron chi connectivity index (χ4n) is 3.21. The largest absolute Gasteiger partial charge is 0.548 e. The van der Waals surface area contributed by atoms with Gasteiger partial charge < -0.3 is 13.9 Å². The number of Topliss-reactive ketones (excluding diaryl/α,β-unsaturated/α-hetero) is 1. The quantitative estimate of drug-likeness (QED) is 0.475. The van der Waals surface area contributed by atoms with Gasteiger partial charge in [-0.05, 0) is 65.2 Å². The number of allylic oxidation sites excluding steroid dienone is 2. The molecule has 2 aliphatic carbocycles. The lowest BCUT2D eigenvalue weighted by molar-refractivity contribution is -0.150. The summed E-state index contributed by atoms with van der Waals surface area (Å²) in [6, 6.07) is 0. The Morgan fingerprint density at radius 2 is 1.43 bits per heavy atom. The average Bonchev–Trinajstić information content (AvgIpc) is 2.62. The van der Waals surface area contributed by atoms with Crippen LogP contribution in [0.1, 0.15) is 58.8 Å². The normalized spacial score (nSPS) is 20.4. The van der Waals surface area contributed by atoms with Gasteiger partial charge in [-0.25, -0.2) is 0 Å². The molecule has 2 rings (SSSR count). The standard InChI is InChI=1S/C12H22O3Si.C9H14O3/c1-5-14-12(13)10-6-8-11(9-7-10)15-16(2,3)4;1-2-12-9(11)7-3-5-8(10)6-4-7/h8,10H,5-7,9H2,1-4H3;7H,2-6H2,1H3. The molecule has 0 heterocycles. The summed E-state index contributed by atoms with van der Waals surface area (Å²) in [4.78, 5) is 33.5. The highest BCUT2D eigenvalue weighted by Gasteiger charge is 2.26. The van der Waals surface area contributed by atoms with Gasteiger partial charge in [-0.15, -0.1) is 0 Å². The SMILES string of the molecule is CCOC(=O)C1CC=C(O[Si](C)(C)C)CC1.CCOC(=O)C1CCC(=O)CC1. The molecule has 160 valence electrons. The molecule has 0 spiro atoms. The second-order valence-electron chi connectivity index (χ2n) is 8.17. The number of ether oxygens (including phenoxy) is 2. The molecule has 0 aromatic heterocycles. The maximum absolute atomic E-state index is 11.5. The van der Waals surface area contributed by atoms with Gasteiger partial charge in [0.25, 0.3) is 0 Å². The van der Waals surface area contributed by atoms with E-state index in [1.54, 1.807) is 6.92 Å². The molecule has 2 aliphatic rings. The number of esters is 2. The maximum Gasteiger partial charge on any atom is 0.309 e. The van der Waals surface area contributed by atoms with Crippen molar-refractivity contribution in [3.63, 3.8) is 0 Å². The van der Waals surface area contributed by atoms with Crippen LogP contribution in [-0.2, 0) is 28.3 Å². The summed E-state index contributed by atoms with van der Waals surface area (Å²) in [6.07, 6.45) is 6.99. The summed E-state index contributed by atoms with van der Waals surface area (Å²) < 4.78 is 15.8. The van der Waals surface area contributed by atoms with E-state index >= 15 is 0 Å². The molecule has 0 aliphatic heterocycles. The molecule has 0 aromatic rings. The average molecular weight is 413 g/mol. The van der Waals surface area contributed by atoms with E-state index < -0.39 is 8.32 Å². The molecule has 1 fully saturated rings. The number of rotatable bonds is 6. The first kappa shape index (κ1) is 24.4. The van der Waals surface area contributed by atoms with Crippen molar-refractivity contribution < 1.29 is 28.3 Å². The van der Waals surface area contributed by atoms with Crippen molar-refractivity contribution in [2.24, 2.45) is 11.8 Å². The molecule has 0 amide bonds. The van der Waals surface area contributed by atoms with E-state index in [2.05, 4.69) is 25.7 Å². The summed E-state index contributed by atoms with van der Waals surface area (Å²) in [5.41, 5.74) is 0. The van der Waals surface area contributed by atoms with E-state index in [9.17, 15) is 14.4 Å². The molecule has 0 radical (unpaired) electrons. The third kappa shape index (κ3) is 9.53. The maximum atomic E-state index is 11.5. The van der Waals surface area contributed by atoms with Crippen molar-refractivity contribution in [2.45, 2.75) is 78.4 Å². The molecule has 1 unspecified atom stereocenters. The molecule has 1 atom stereocenters. The van der Waals surface area contributed by atoms with Crippen molar-refractivity contribution in [2.75, 3.05) is 13.2 Å². The lowest BCUT2D eigenvalue weighted by Gasteiger charge is -2.26. The van der Waals surface area contributed by atoms with Crippen LogP contribution in [0.25, 0.3) is 0 Å². The highest BCUT2D eigenvalue weighted by molar-refractivity contribution is 6.70. The van der Waals surface area contributed by atoms with Crippen molar-refractivity contribution >= 4 is 26.0 Å². The van der Waals surface area contributed by atoms with Gasteiger partial charge >= 0.3 is 11.9 Å². The third-order valence-electron chi connectivity index (χ3n) is 4.59. The van der Waals surface area contributed by atoms with Crippen molar-refractivity contribution in [3.8, 4) is 0 Å². The number of hydrogen-bond acceptors (Lipinski definition) is 6. The van der Waals surface area contributed by atoms with Gasteiger partial charge in [0, 0.05) is 19.3 Å². The van der Waals surface area contributed by atoms with Crippen LogP contribution in [0.15, 0.2) is 11.8 Å². The van der Waals surface area contributed by atoms with Gasteiger partial charge in [0.1, 0.15) is 5.78 Å². The van der Waals surface area contributed by atoms with E-state index in [4.69, 9.17) is 13.9 Å². The van der Waals surface area contributed by atoms with Crippen LogP contribution < -0.4 is 0 Å². The predicted molar refractivity (Wildman–Crippen MR) is 110 cm³/mol. The van der Waals surface area contributed by atoms with E-state index in [1.165, 1.54) is 0 Å². The summed E-state index contributed by atoms with van der Waals surface area (Å²) in [6.45, 7) is 11.1. The van der Waals surface area contributed by atoms with Crippen molar-refractivity contribution in [1.29, 1.82) is 0 Å². The fraction of sp³-hybridized carbons (Fsp3) is 0.762. The first-order valence-corrected chi connectivity index (χ1v) is 13.8. The predicted octanol–water partition coefficient (Wildman–Crippen LogP) is 4.39. The third-order valence-corrected chi connectivity index (χ3v) is 5.46. The van der Waals surface area contributed by atoms with Gasteiger partial charge in [0.05, 0.1) is 30.8 Å². The molecule has 7 heteroatoms. The molecule has 1 saturated carbocycles. The Morgan fingerprint density at radius 1 is 0.929 bits per heavy atom. The first-order valence-electron chi connectivity index (χ1n) is 10.4. The zero-order valence-electron chi connectivity index (χ0n) is 18.0. The molecule has 0 saturated heterocycles. The van der Waals surface area contributed by atoms with Gasteiger partial charge in [-0.1, -0.05) is 0 Å². The molecule has 28 heavy (non-hydrogen) atoms. The Bertz CT molecular complexity index is 554. The van der Waals surface area contributed by atoms with Crippen LogP contribution in [0.4, 0.5) is 0 Å². The van der Waals surface area contributed by atoms with Gasteiger partial charge in [-0.2, -0.15) is 0 Å². The van der Waals surface area contributed by atoms with Gasteiger partial charge in [-0.3, -0.25) is 14.4 Å². The molecule has 0 N–H and O–H groups in total. The first-order chi connectivity index (χ1) is 13.2. The Labute approximate surface area is 170 Å². The number of hydrogen-bond donors (Lipinski definition) is 0. The Balaban J connectivity index is 0.000000292. The van der Waals surface area contributed by atoms with Crippen molar-refractivity contribution in [3.05, 3.63) is 11.8 Å². The van der Waals surface area contributed by atoms with Crippen LogP contribution >= 0.6 is 0 Å². The topological polar surface area (TPSA) is 78.9 Å². The fourth-order valence-corrected chi connectivity index (χ4v) is 4.18. The molecular formula is C21H36O6Si. The van der Waals surface area contributed by atoms with Crippen molar-refractivity contribution in [1.82, 2.24) is 0 Å². The minimum Gasteiger partial charge on any atom is -0.548 e. The van der Waals surface area contributed by atoms with E-state index in [0.717, 1.165) is 25.0 Å². The zero-order valence-corrected chi connectivity index (χ0v) is 19.0.